The van der Waals surface area contributed by atoms with Gasteiger partial charge in [0, 0.05) is 30.4 Å². The highest BCUT2D eigenvalue weighted by Gasteiger charge is 2.33. The summed E-state index contributed by atoms with van der Waals surface area (Å²) in [5.41, 5.74) is 3.39. The first kappa shape index (κ1) is 17.7. The van der Waals surface area contributed by atoms with Crippen LogP contribution in [0.2, 0.25) is 0 Å². The Labute approximate surface area is 137 Å². The van der Waals surface area contributed by atoms with E-state index in [2.05, 4.69) is 17.2 Å². The zero-order valence-electron chi connectivity index (χ0n) is 14.4. The molecule has 128 valence electrons. The van der Waals surface area contributed by atoms with Crippen LogP contribution >= 0.6 is 0 Å². The molecule has 0 spiro atoms. The Hall–Kier alpha value is -1.66. The van der Waals surface area contributed by atoms with Gasteiger partial charge >= 0.3 is 5.97 Å². The second kappa shape index (κ2) is 7.75. The van der Waals surface area contributed by atoms with Gasteiger partial charge in [0.1, 0.15) is 0 Å². The fraction of sp³-hybridized carbons (Fsp3) is 0.647. The Morgan fingerprint density at radius 3 is 2.70 bits per heavy atom. The number of rotatable bonds is 8. The first-order valence-electron chi connectivity index (χ1n) is 8.14. The number of likely N-dealkylation sites (N-methyl/N-ethyl adjacent to an activating group) is 1. The van der Waals surface area contributed by atoms with Gasteiger partial charge in [-0.15, -0.1) is 0 Å². The second-order valence-corrected chi connectivity index (χ2v) is 6.21. The van der Waals surface area contributed by atoms with E-state index in [9.17, 15) is 4.79 Å². The van der Waals surface area contributed by atoms with Crippen LogP contribution in [0.5, 0.6) is 5.88 Å². The van der Waals surface area contributed by atoms with Crippen LogP contribution in [0, 0.1) is 13.8 Å². The van der Waals surface area contributed by atoms with Gasteiger partial charge in [0.25, 0.3) is 0 Å². The van der Waals surface area contributed by atoms with Crippen LogP contribution in [-0.2, 0) is 11.3 Å². The van der Waals surface area contributed by atoms with E-state index >= 15 is 0 Å². The predicted molar refractivity (Wildman–Crippen MR) is 88.8 cm³/mol. The molecule has 0 bridgehead atoms. The fourth-order valence-electron chi connectivity index (χ4n) is 3.17. The van der Waals surface area contributed by atoms with Crippen molar-refractivity contribution in [2.45, 2.75) is 52.2 Å². The minimum Gasteiger partial charge on any atom is -0.481 e. The molecule has 2 N–H and O–H groups in total. The number of ether oxygens (including phenoxy) is 1. The first-order valence-corrected chi connectivity index (χ1v) is 8.14. The van der Waals surface area contributed by atoms with Gasteiger partial charge < -0.3 is 15.2 Å². The van der Waals surface area contributed by atoms with Crippen LogP contribution in [0.4, 0.5) is 0 Å². The van der Waals surface area contributed by atoms with Crippen molar-refractivity contribution < 1.29 is 14.6 Å². The first-order chi connectivity index (χ1) is 10.9. The van der Waals surface area contributed by atoms with E-state index in [-0.39, 0.29) is 6.54 Å². The number of nitrogens with zero attached hydrogens (tertiary/aromatic N) is 2. The summed E-state index contributed by atoms with van der Waals surface area (Å²) in [6, 6.07) is 2.78. The van der Waals surface area contributed by atoms with Crippen LogP contribution in [0.1, 0.15) is 36.6 Å². The molecule has 1 saturated carbocycles. The summed E-state index contributed by atoms with van der Waals surface area (Å²) in [7, 11) is 1.63. The van der Waals surface area contributed by atoms with E-state index in [0.29, 0.717) is 18.0 Å². The van der Waals surface area contributed by atoms with Crippen molar-refractivity contribution in [1.29, 1.82) is 0 Å². The quantitative estimate of drug-likeness (QED) is 0.759. The molecule has 1 heterocycles. The fourth-order valence-corrected chi connectivity index (χ4v) is 3.17. The molecule has 1 aliphatic carbocycles. The van der Waals surface area contributed by atoms with Crippen molar-refractivity contribution in [3.63, 3.8) is 0 Å². The van der Waals surface area contributed by atoms with E-state index in [4.69, 9.17) is 9.84 Å². The Balaban J connectivity index is 1.84. The molecule has 0 radical (unpaired) electrons. The zero-order valence-corrected chi connectivity index (χ0v) is 14.4. The minimum absolute atomic E-state index is 0.133. The summed E-state index contributed by atoms with van der Waals surface area (Å²) in [5.74, 6) is -0.0986. The van der Waals surface area contributed by atoms with Crippen molar-refractivity contribution in [1.82, 2.24) is 15.2 Å². The number of hydrogen-bond acceptors (Lipinski definition) is 5. The number of aromatic nitrogens is 1. The van der Waals surface area contributed by atoms with Crippen molar-refractivity contribution in [2.75, 3.05) is 20.2 Å². The van der Waals surface area contributed by atoms with Gasteiger partial charge in [-0.05, 0) is 44.4 Å². The average Bonchev–Trinajstić information content (AvgIpc) is 2.45. The summed E-state index contributed by atoms with van der Waals surface area (Å²) < 4.78 is 5.19. The Bertz CT molecular complexity index is 533. The van der Waals surface area contributed by atoms with E-state index in [1.165, 1.54) is 11.1 Å². The molecule has 23 heavy (non-hydrogen) atoms. The van der Waals surface area contributed by atoms with Gasteiger partial charge in [0.05, 0.1) is 13.7 Å². The number of aryl methyl sites for hydroxylation is 2. The van der Waals surface area contributed by atoms with Gasteiger partial charge in [-0.25, -0.2) is 4.98 Å². The van der Waals surface area contributed by atoms with Gasteiger partial charge in [0.15, 0.2) is 0 Å². The van der Waals surface area contributed by atoms with E-state index in [1.54, 1.807) is 7.11 Å². The SMILES string of the molecule is CCN(CC(=O)O)C1CC(NCc2c(C)cc(OC)nc2C)C1. The monoisotopic (exact) mass is 321 g/mol. The third-order valence-electron chi connectivity index (χ3n) is 4.68. The maximum atomic E-state index is 10.9. The highest BCUT2D eigenvalue weighted by Crippen LogP contribution is 2.26. The number of carbonyl (C=O) groups is 1. The lowest BCUT2D eigenvalue weighted by Gasteiger charge is -2.42. The summed E-state index contributed by atoms with van der Waals surface area (Å²) >= 11 is 0. The summed E-state index contributed by atoms with van der Waals surface area (Å²) in [6.07, 6.45) is 2.01. The number of pyridine rings is 1. The number of nitrogens with one attached hydrogen (secondary N) is 1. The molecule has 1 aliphatic rings. The van der Waals surface area contributed by atoms with Crippen molar-refractivity contribution in [3.05, 3.63) is 22.9 Å². The topological polar surface area (TPSA) is 74.7 Å². The molecule has 2 rings (SSSR count). The van der Waals surface area contributed by atoms with E-state index in [0.717, 1.165) is 31.6 Å². The van der Waals surface area contributed by atoms with Crippen molar-refractivity contribution in [2.24, 2.45) is 0 Å². The number of hydrogen-bond donors (Lipinski definition) is 2. The minimum atomic E-state index is -0.751. The van der Waals surface area contributed by atoms with Crippen LogP contribution in [0.15, 0.2) is 6.07 Å². The normalized spacial score (nSPS) is 20.4. The lowest BCUT2D eigenvalue weighted by Crippen LogP contribution is -2.53. The number of methoxy groups -OCH3 is 1. The smallest absolute Gasteiger partial charge is 0.317 e. The Morgan fingerprint density at radius 1 is 1.48 bits per heavy atom. The largest absolute Gasteiger partial charge is 0.481 e. The van der Waals surface area contributed by atoms with Gasteiger partial charge in [-0.3, -0.25) is 9.69 Å². The number of carboxylic acids is 1. The Morgan fingerprint density at radius 2 is 2.17 bits per heavy atom. The Kier molecular flexibility index (Phi) is 5.96. The molecule has 0 aromatic carbocycles. The maximum absolute atomic E-state index is 10.9. The molecule has 6 nitrogen and oxygen atoms in total. The molecule has 0 aliphatic heterocycles. The molecule has 1 aromatic rings. The molecular weight excluding hydrogens is 294 g/mol. The van der Waals surface area contributed by atoms with Crippen LogP contribution < -0.4 is 10.1 Å². The molecule has 0 saturated heterocycles. The predicted octanol–water partition coefficient (Wildman–Crippen LogP) is 1.73. The number of carboxylic acid groups (broad SMARTS) is 1. The number of aliphatic carboxylic acids is 1. The third kappa shape index (κ3) is 4.42. The summed E-state index contributed by atoms with van der Waals surface area (Å²) in [5, 5.41) is 12.5. The molecule has 1 fully saturated rings. The standard InChI is InChI=1S/C17H27N3O3/c1-5-20(10-17(21)22)14-7-13(8-14)18-9-15-11(2)6-16(23-4)19-12(15)3/h6,13-14,18H,5,7-10H2,1-4H3,(H,21,22). The molecule has 0 amide bonds. The molecule has 6 heteroatoms. The van der Waals surface area contributed by atoms with Crippen LogP contribution in [0.25, 0.3) is 0 Å². The van der Waals surface area contributed by atoms with Crippen LogP contribution in [0.3, 0.4) is 0 Å². The van der Waals surface area contributed by atoms with Gasteiger partial charge in [-0.1, -0.05) is 6.92 Å². The lowest BCUT2D eigenvalue weighted by molar-refractivity contribution is -0.139. The molecule has 0 atom stereocenters. The second-order valence-electron chi connectivity index (χ2n) is 6.21. The van der Waals surface area contributed by atoms with E-state index < -0.39 is 5.97 Å². The van der Waals surface area contributed by atoms with Crippen LogP contribution in [-0.4, -0.2) is 53.2 Å². The highest BCUT2D eigenvalue weighted by atomic mass is 16.5. The highest BCUT2D eigenvalue weighted by molar-refractivity contribution is 5.69. The molecule has 0 unspecified atom stereocenters. The van der Waals surface area contributed by atoms with Gasteiger partial charge in [-0.2, -0.15) is 0 Å². The summed E-state index contributed by atoms with van der Waals surface area (Å²) in [4.78, 5) is 17.3. The molecule has 1 aromatic heterocycles. The maximum Gasteiger partial charge on any atom is 0.317 e. The van der Waals surface area contributed by atoms with Crippen molar-refractivity contribution >= 4 is 5.97 Å². The average molecular weight is 321 g/mol. The van der Waals surface area contributed by atoms with Crippen molar-refractivity contribution in [3.8, 4) is 5.88 Å². The summed E-state index contributed by atoms with van der Waals surface area (Å²) in [6.45, 7) is 7.79. The molecular formula is C17H27N3O3. The van der Waals surface area contributed by atoms with E-state index in [1.807, 2.05) is 24.8 Å². The zero-order chi connectivity index (χ0) is 17.0. The lowest BCUT2D eigenvalue weighted by atomic mass is 9.85. The van der Waals surface area contributed by atoms with Gasteiger partial charge in [0.2, 0.25) is 5.88 Å². The third-order valence-corrected chi connectivity index (χ3v) is 4.68.